The number of anilines is 2. The number of thioether (sulfide) groups is 1. The van der Waals surface area contributed by atoms with Crippen molar-refractivity contribution < 1.29 is 9.59 Å². The lowest BCUT2D eigenvalue weighted by atomic mass is 10.3. The van der Waals surface area contributed by atoms with Crippen LogP contribution in [0.15, 0.2) is 53.4 Å². The third kappa shape index (κ3) is 5.50. The molecular formula is C16H16ClN3O2S. The van der Waals surface area contributed by atoms with Gasteiger partial charge in [-0.1, -0.05) is 35.9 Å². The van der Waals surface area contributed by atoms with Crippen LogP contribution in [0.2, 0.25) is 5.02 Å². The van der Waals surface area contributed by atoms with Crippen molar-refractivity contribution in [3.05, 3.63) is 53.6 Å². The first-order valence-corrected chi connectivity index (χ1v) is 8.21. The number of rotatable bonds is 7. The molecule has 2 aromatic rings. The number of primary amides is 1. The molecule has 0 aromatic heterocycles. The first-order valence-electron chi connectivity index (χ1n) is 6.84. The second kappa shape index (κ2) is 8.45. The third-order valence-electron chi connectivity index (χ3n) is 2.84. The molecular weight excluding hydrogens is 334 g/mol. The van der Waals surface area contributed by atoms with Crippen LogP contribution in [0.5, 0.6) is 0 Å². The molecule has 7 heteroatoms. The molecule has 0 atom stereocenters. The van der Waals surface area contributed by atoms with Crippen LogP contribution in [0.3, 0.4) is 0 Å². The highest BCUT2D eigenvalue weighted by Gasteiger charge is 2.08. The molecule has 120 valence electrons. The van der Waals surface area contributed by atoms with Crippen molar-refractivity contribution in [1.82, 2.24) is 0 Å². The zero-order valence-corrected chi connectivity index (χ0v) is 13.8. The minimum Gasteiger partial charge on any atom is -0.375 e. The van der Waals surface area contributed by atoms with E-state index in [1.807, 2.05) is 24.3 Å². The molecule has 2 amide bonds. The normalized spacial score (nSPS) is 10.1. The highest BCUT2D eigenvalue weighted by molar-refractivity contribution is 8.00. The van der Waals surface area contributed by atoms with E-state index in [-0.39, 0.29) is 24.1 Å². The molecule has 0 heterocycles. The Morgan fingerprint density at radius 3 is 2.39 bits per heavy atom. The number of amides is 2. The minimum absolute atomic E-state index is 0.0827. The number of para-hydroxylation sites is 2. The Morgan fingerprint density at radius 2 is 1.70 bits per heavy atom. The van der Waals surface area contributed by atoms with Gasteiger partial charge in [-0.25, -0.2) is 0 Å². The van der Waals surface area contributed by atoms with Crippen LogP contribution in [-0.2, 0) is 9.59 Å². The summed E-state index contributed by atoms with van der Waals surface area (Å²) in [4.78, 5) is 23.7. The monoisotopic (exact) mass is 349 g/mol. The molecule has 0 unspecified atom stereocenters. The van der Waals surface area contributed by atoms with Crippen LogP contribution in [0.4, 0.5) is 11.4 Å². The number of carbonyl (C=O) groups excluding carboxylic acids is 2. The van der Waals surface area contributed by atoms with Crippen molar-refractivity contribution in [2.75, 3.05) is 22.9 Å². The summed E-state index contributed by atoms with van der Waals surface area (Å²) in [5.41, 5.74) is 6.49. The number of hydrogen-bond donors (Lipinski definition) is 3. The van der Waals surface area contributed by atoms with Gasteiger partial charge in [-0.05, 0) is 24.3 Å². The molecule has 2 aromatic carbocycles. The van der Waals surface area contributed by atoms with Gasteiger partial charge in [-0.2, -0.15) is 0 Å². The summed E-state index contributed by atoms with van der Waals surface area (Å²) >= 11 is 7.32. The summed E-state index contributed by atoms with van der Waals surface area (Å²) in [7, 11) is 0. The molecule has 0 spiro atoms. The van der Waals surface area contributed by atoms with Crippen molar-refractivity contribution in [1.29, 1.82) is 0 Å². The highest BCUT2D eigenvalue weighted by Crippen LogP contribution is 2.26. The summed E-state index contributed by atoms with van der Waals surface area (Å²) in [5, 5.41) is 6.27. The van der Waals surface area contributed by atoms with Crippen LogP contribution in [0.1, 0.15) is 0 Å². The zero-order chi connectivity index (χ0) is 16.7. The molecule has 5 nitrogen and oxygen atoms in total. The minimum atomic E-state index is -0.388. The topological polar surface area (TPSA) is 84.2 Å². The van der Waals surface area contributed by atoms with Gasteiger partial charge in [-0.15, -0.1) is 11.8 Å². The van der Waals surface area contributed by atoms with E-state index < -0.39 is 0 Å². The Bertz CT molecular complexity index is 709. The summed E-state index contributed by atoms with van der Waals surface area (Å²) in [6.45, 7) is 0.0827. The average molecular weight is 350 g/mol. The van der Waals surface area contributed by atoms with Gasteiger partial charge in [0.15, 0.2) is 0 Å². The van der Waals surface area contributed by atoms with Gasteiger partial charge < -0.3 is 16.4 Å². The molecule has 2 rings (SSSR count). The van der Waals surface area contributed by atoms with Crippen LogP contribution < -0.4 is 16.4 Å². The first-order chi connectivity index (χ1) is 11.1. The summed E-state index contributed by atoms with van der Waals surface area (Å²) in [6.07, 6.45) is 0. The van der Waals surface area contributed by atoms with E-state index in [0.717, 1.165) is 10.6 Å². The van der Waals surface area contributed by atoms with Gasteiger partial charge >= 0.3 is 0 Å². The van der Waals surface area contributed by atoms with E-state index in [2.05, 4.69) is 10.6 Å². The number of nitrogens with one attached hydrogen (secondary N) is 2. The van der Waals surface area contributed by atoms with Crippen molar-refractivity contribution >= 4 is 46.6 Å². The van der Waals surface area contributed by atoms with Gasteiger partial charge in [0.1, 0.15) is 0 Å². The van der Waals surface area contributed by atoms with Crippen molar-refractivity contribution in [2.24, 2.45) is 5.73 Å². The smallest absolute Gasteiger partial charge is 0.243 e. The van der Waals surface area contributed by atoms with Gasteiger partial charge in [0.25, 0.3) is 0 Å². The van der Waals surface area contributed by atoms with Crippen LogP contribution in [0, 0.1) is 0 Å². The standard InChI is InChI=1S/C16H16ClN3O2S/c17-11-5-1-2-6-12(11)20-16(22)9-19-13-7-3-4-8-14(13)23-10-15(18)21/h1-8,19H,9-10H2,(H2,18,21)(H,20,22). The Balaban J connectivity index is 1.94. The molecule has 23 heavy (non-hydrogen) atoms. The van der Waals surface area contributed by atoms with Gasteiger partial charge in [0.05, 0.1) is 23.0 Å². The molecule has 0 fully saturated rings. The maximum Gasteiger partial charge on any atom is 0.243 e. The first kappa shape index (κ1) is 17.2. The lowest BCUT2D eigenvalue weighted by Gasteiger charge is -2.12. The van der Waals surface area contributed by atoms with Crippen molar-refractivity contribution in [2.45, 2.75) is 4.90 Å². The molecule has 4 N–H and O–H groups in total. The molecule has 0 aliphatic rings. The second-order valence-corrected chi connectivity index (χ2v) is 6.06. The fourth-order valence-electron chi connectivity index (χ4n) is 1.82. The predicted molar refractivity (Wildman–Crippen MR) is 94.9 cm³/mol. The number of halogens is 1. The lowest BCUT2D eigenvalue weighted by Crippen LogP contribution is -2.22. The van der Waals surface area contributed by atoms with E-state index >= 15 is 0 Å². The summed E-state index contributed by atoms with van der Waals surface area (Å²) < 4.78 is 0. The Labute approximate surface area is 143 Å². The molecule has 0 aliphatic heterocycles. The second-order valence-electron chi connectivity index (χ2n) is 4.63. The Morgan fingerprint density at radius 1 is 1.04 bits per heavy atom. The van der Waals surface area contributed by atoms with Crippen LogP contribution >= 0.6 is 23.4 Å². The maximum absolute atomic E-state index is 12.0. The number of hydrogen-bond acceptors (Lipinski definition) is 4. The van der Waals surface area contributed by atoms with E-state index in [9.17, 15) is 9.59 Å². The fraction of sp³-hybridized carbons (Fsp3) is 0.125. The van der Waals surface area contributed by atoms with Gasteiger partial charge in [0.2, 0.25) is 11.8 Å². The van der Waals surface area contributed by atoms with E-state index in [1.165, 1.54) is 11.8 Å². The Kier molecular flexibility index (Phi) is 6.31. The lowest BCUT2D eigenvalue weighted by molar-refractivity contribution is -0.116. The zero-order valence-electron chi connectivity index (χ0n) is 12.2. The number of benzene rings is 2. The number of carbonyl (C=O) groups is 2. The predicted octanol–water partition coefficient (Wildman–Crippen LogP) is 2.97. The van der Waals surface area contributed by atoms with E-state index in [1.54, 1.807) is 24.3 Å². The maximum atomic E-state index is 12.0. The fourth-order valence-corrected chi connectivity index (χ4v) is 2.77. The molecule has 0 saturated heterocycles. The summed E-state index contributed by atoms with van der Waals surface area (Å²) in [5.74, 6) is -0.418. The average Bonchev–Trinajstić information content (AvgIpc) is 2.54. The Hall–Kier alpha value is -2.18. The highest BCUT2D eigenvalue weighted by atomic mass is 35.5. The van der Waals surface area contributed by atoms with Crippen LogP contribution in [0.25, 0.3) is 0 Å². The molecule has 0 aliphatic carbocycles. The SMILES string of the molecule is NC(=O)CSc1ccccc1NCC(=O)Nc1ccccc1Cl. The molecule has 0 saturated carbocycles. The van der Waals surface area contributed by atoms with Gasteiger partial charge in [0, 0.05) is 10.6 Å². The van der Waals surface area contributed by atoms with Crippen molar-refractivity contribution in [3.8, 4) is 0 Å². The number of nitrogens with two attached hydrogens (primary N) is 1. The summed E-state index contributed by atoms with van der Waals surface area (Å²) in [6, 6.07) is 14.4. The van der Waals surface area contributed by atoms with E-state index in [0.29, 0.717) is 10.7 Å². The molecule has 0 bridgehead atoms. The largest absolute Gasteiger partial charge is 0.375 e. The van der Waals surface area contributed by atoms with Crippen molar-refractivity contribution in [3.63, 3.8) is 0 Å². The molecule has 0 radical (unpaired) electrons. The van der Waals surface area contributed by atoms with E-state index in [4.69, 9.17) is 17.3 Å². The van der Waals surface area contributed by atoms with Gasteiger partial charge in [-0.3, -0.25) is 9.59 Å². The third-order valence-corrected chi connectivity index (χ3v) is 4.27. The quantitative estimate of drug-likeness (QED) is 0.671. The van der Waals surface area contributed by atoms with Crippen LogP contribution in [-0.4, -0.2) is 24.1 Å².